The highest BCUT2D eigenvalue weighted by Gasteiger charge is 2.51. The standard InChI is InChI=1S/C12H14ClF2N5/c13-7-3-1-2-4-8(7)19-10(16)9-12(14,15)5-6-20(9)11(17)18/h1-4,9H,5-6H2,(H2,16,19)(H3,17,18). The molecule has 0 spiro atoms. The molecule has 108 valence electrons. The monoisotopic (exact) mass is 301 g/mol. The van der Waals surface area contributed by atoms with Gasteiger partial charge in [-0.05, 0) is 12.1 Å². The van der Waals surface area contributed by atoms with Crippen molar-refractivity contribution in [2.75, 3.05) is 6.54 Å². The van der Waals surface area contributed by atoms with Gasteiger partial charge in [0.25, 0.3) is 5.92 Å². The number of alkyl halides is 2. The lowest BCUT2D eigenvalue weighted by atomic mass is 10.1. The largest absolute Gasteiger partial charge is 0.385 e. The van der Waals surface area contributed by atoms with E-state index in [2.05, 4.69) is 4.99 Å². The number of halogens is 3. The zero-order chi connectivity index (χ0) is 14.9. The Labute approximate surface area is 119 Å². The van der Waals surface area contributed by atoms with E-state index in [4.69, 9.17) is 28.5 Å². The van der Waals surface area contributed by atoms with Crippen LogP contribution >= 0.6 is 11.6 Å². The average Bonchev–Trinajstić information content (AvgIpc) is 2.68. The molecule has 1 aliphatic heterocycles. The molecule has 0 aliphatic carbocycles. The number of amidine groups is 1. The normalized spacial score (nSPS) is 22.1. The SMILES string of the molecule is N=C(N)N1CCC(F)(F)C1C(N)=Nc1ccccc1Cl. The molecule has 1 saturated heterocycles. The Morgan fingerprint density at radius 1 is 1.40 bits per heavy atom. The van der Waals surface area contributed by atoms with E-state index in [1.54, 1.807) is 24.3 Å². The van der Waals surface area contributed by atoms with Crippen LogP contribution in [0.4, 0.5) is 14.5 Å². The second kappa shape index (κ2) is 5.24. The Hall–Kier alpha value is -1.89. The predicted molar refractivity (Wildman–Crippen MR) is 74.7 cm³/mol. The van der Waals surface area contributed by atoms with Crippen LogP contribution in [0.25, 0.3) is 0 Å². The van der Waals surface area contributed by atoms with Crippen LogP contribution in [0.5, 0.6) is 0 Å². The molecule has 0 bridgehead atoms. The number of likely N-dealkylation sites (tertiary alicyclic amines) is 1. The van der Waals surface area contributed by atoms with Gasteiger partial charge < -0.3 is 16.4 Å². The van der Waals surface area contributed by atoms with Gasteiger partial charge in [0.1, 0.15) is 5.84 Å². The van der Waals surface area contributed by atoms with Crippen molar-refractivity contribution < 1.29 is 8.78 Å². The summed E-state index contributed by atoms with van der Waals surface area (Å²) in [7, 11) is 0. The fourth-order valence-corrected chi connectivity index (χ4v) is 2.32. The summed E-state index contributed by atoms with van der Waals surface area (Å²) in [6, 6.07) is 5.01. The lowest BCUT2D eigenvalue weighted by molar-refractivity contribution is -0.00144. The molecule has 1 aromatic rings. The Bertz CT molecular complexity index is 561. The van der Waals surface area contributed by atoms with Crippen molar-refractivity contribution in [2.45, 2.75) is 18.4 Å². The second-order valence-electron chi connectivity index (χ2n) is 4.48. The van der Waals surface area contributed by atoms with Gasteiger partial charge >= 0.3 is 0 Å². The zero-order valence-electron chi connectivity index (χ0n) is 10.5. The van der Waals surface area contributed by atoms with Crippen LogP contribution in [0.3, 0.4) is 0 Å². The number of nitrogens with two attached hydrogens (primary N) is 2. The van der Waals surface area contributed by atoms with Gasteiger partial charge in [-0.2, -0.15) is 0 Å². The van der Waals surface area contributed by atoms with E-state index in [1.807, 2.05) is 0 Å². The van der Waals surface area contributed by atoms with Crippen molar-refractivity contribution in [3.63, 3.8) is 0 Å². The van der Waals surface area contributed by atoms with E-state index < -0.39 is 24.3 Å². The molecule has 1 aromatic carbocycles. The highest BCUT2D eigenvalue weighted by Crippen LogP contribution is 2.35. The van der Waals surface area contributed by atoms with Crippen molar-refractivity contribution in [3.05, 3.63) is 29.3 Å². The molecule has 1 fully saturated rings. The van der Waals surface area contributed by atoms with Crippen LogP contribution in [0.15, 0.2) is 29.3 Å². The topological polar surface area (TPSA) is 91.5 Å². The van der Waals surface area contributed by atoms with Crippen molar-refractivity contribution in [1.29, 1.82) is 5.41 Å². The number of hydrogen-bond acceptors (Lipinski definition) is 2. The summed E-state index contributed by atoms with van der Waals surface area (Å²) in [4.78, 5) is 4.99. The van der Waals surface area contributed by atoms with Gasteiger partial charge in [0.15, 0.2) is 12.0 Å². The molecule has 1 aliphatic rings. The van der Waals surface area contributed by atoms with Crippen molar-refractivity contribution in [1.82, 2.24) is 4.90 Å². The maximum atomic E-state index is 13.9. The second-order valence-corrected chi connectivity index (χ2v) is 4.89. The molecule has 5 nitrogen and oxygen atoms in total. The third-order valence-corrected chi connectivity index (χ3v) is 3.41. The van der Waals surface area contributed by atoms with Gasteiger partial charge in [0.05, 0.1) is 10.7 Å². The molecule has 1 unspecified atom stereocenters. The summed E-state index contributed by atoms with van der Waals surface area (Å²) in [6.45, 7) is -0.0360. The van der Waals surface area contributed by atoms with Crippen LogP contribution < -0.4 is 11.5 Å². The van der Waals surface area contributed by atoms with Gasteiger partial charge in [-0.3, -0.25) is 5.41 Å². The van der Waals surface area contributed by atoms with E-state index in [-0.39, 0.29) is 12.4 Å². The first-order valence-electron chi connectivity index (χ1n) is 5.90. The summed E-state index contributed by atoms with van der Waals surface area (Å²) in [5, 5.41) is 7.66. The number of aliphatic imine (C=N–C) groups is 1. The molecule has 0 amide bonds. The minimum atomic E-state index is -3.08. The molecule has 8 heteroatoms. The maximum absolute atomic E-state index is 13.9. The Kier molecular flexibility index (Phi) is 3.80. The number of nitrogens with zero attached hydrogens (tertiary/aromatic N) is 2. The third-order valence-electron chi connectivity index (χ3n) is 3.09. The number of benzene rings is 1. The summed E-state index contributed by atoms with van der Waals surface area (Å²) >= 11 is 5.91. The van der Waals surface area contributed by atoms with E-state index in [9.17, 15) is 8.78 Å². The minimum absolute atomic E-state index is 0.0360. The van der Waals surface area contributed by atoms with Crippen LogP contribution in [0, 0.1) is 5.41 Å². The van der Waals surface area contributed by atoms with Crippen LogP contribution in [0.2, 0.25) is 5.02 Å². The van der Waals surface area contributed by atoms with Gasteiger partial charge in [0, 0.05) is 13.0 Å². The lowest BCUT2D eigenvalue weighted by Gasteiger charge is -2.27. The van der Waals surface area contributed by atoms with Gasteiger partial charge in [0.2, 0.25) is 0 Å². The van der Waals surface area contributed by atoms with Gasteiger partial charge in [-0.25, -0.2) is 13.8 Å². The maximum Gasteiger partial charge on any atom is 0.276 e. The number of nitrogens with one attached hydrogen (secondary N) is 1. The molecular formula is C12H14ClF2N5. The van der Waals surface area contributed by atoms with E-state index in [1.165, 1.54) is 0 Å². The molecule has 1 atom stereocenters. The summed E-state index contributed by atoms with van der Waals surface area (Å²) < 4.78 is 27.8. The number of guanidine groups is 1. The van der Waals surface area contributed by atoms with E-state index in [0.717, 1.165) is 4.90 Å². The van der Waals surface area contributed by atoms with Crippen molar-refractivity contribution in [2.24, 2.45) is 16.5 Å². The highest BCUT2D eigenvalue weighted by molar-refractivity contribution is 6.33. The Balaban J connectivity index is 2.37. The van der Waals surface area contributed by atoms with Crippen LogP contribution in [-0.2, 0) is 0 Å². The molecule has 20 heavy (non-hydrogen) atoms. The first-order chi connectivity index (χ1) is 9.33. The molecule has 5 N–H and O–H groups in total. The Morgan fingerprint density at radius 2 is 2.05 bits per heavy atom. The number of hydrogen-bond donors (Lipinski definition) is 3. The van der Waals surface area contributed by atoms with Gasteiger partial charge in [-0.1, -0.05) is 23.7 Å². The Morgan fingerprint density at radius 3 is 2.65 bits per heavy atom. The van der Waals surface area contributed by atoms with E-state index in [0.29, 0.717) is 10.7 Å². The third kappa shape index (κ3) is 2.67. The lowest BCUT2D eigenvalue weighted by Crippen LogP contribution is -2.52. The van der Waals surface area contributed by atoms with E-state index >= 15 is 0 Å². The van der Waals surface area contributed by atoms with Gasteiger partial charge in [-0.15, -0.1) is 0 Å². The van der Waals surface area contributed by atoms with Crippen LogP contribution in [0.1, 0.15) is 6.42 Å². The van der Waals surface area contributed by atoms with Crippen molar-refractivity contribution >= 4 is 29.1 Å². The fourth-order valence-electron chi connectivity index (χ4n) is 2.14. The number of para-hydroxylation sites is 1. The highest BCUT2D eigenvalue weighted by atomic mass is 35.5. The summed E-state index contributed by atoms with van der Waals surface area (Å²) in [5.41, 5.74) is 11.3. The first kappa shape index (κ1) is 14.5. The molecule has 0 radical (unpaired) electrons. The summed E-state index contributed by atoms with van der Waals surface area (Å²) in [5.74, 6) is -3.85. The zero-order valence-corrected chi connectivity index (χ0v) is 11.2. The minimum Gasteiger partial charge on any atom is -0.385 e. The first-order valence-corrected chi connectivity index (χ1v) is 6.28. The average molecular weight is 302 g/mol. The fraction of sp³-hybridized carbons (Fsp3) is 0.333. The quantitative estimate of drug-likeness (QED) is 0.576. The molecule has 1 heterocycles. The number of rotatable bonds is 2. The van der Waals surface area contributed by atoms with Crippen LogP contribution in [-0.4, -0.2) is 35.2 Å². The molecule has 2 rings (SSSR count). The molecular weight excluding hydrogens is 288 g/mol. The smallest absolute Gasteiger partial charge is 0.276 e. The molecule has 0 aromatic heterocycles. The summed E-state index contributed by atoms with van der Waals surface area (Å²) in [6.07, 6.45) is -0.421. The molecule has 0 saturated carbocycles. The van der Waals surface area contributed by atoms with Crippen molar-refractivity contribution in [3.8, 4) is 0 Å². The predicted octanol–water partition coefficient (Wildman–Crippen LogP) is 1.93.